The van der Waals surface area contributed by atoms with E-state index in [0.29, 0.717) is 11.1 Å². The van der Waals surface area contributed by atoms with Gasteiger partial charge in [0.05, 0.1) is 11.3 Å². The van der Waals surface area contributed by atoms with Crippen molar-refractivity contribution in [2.24, 2.45) is 5.73 Å². The standard InChI is InChI=1S/C21H13N5/c22-11-16(12-23)20-17(13-24)18(14-7-3-1-4-8-14)19(21(25)26-20)15-9-5-2-6-10-15/h1-10,26H,25H2. The van der Waals surface area contributed by atoms with E-state index in [1.807, 2.05) is 72.8 Å². The summed E-state index contributed by atoms with van der Waals surface area (Å²) in [5.74, 6) is 0.284. The number of hydrogen-bond acceptors (Lipinski definition) is 5. The van der Waals surface area contributed by atoms with Gasteiger partial charge in [0.25, 0.3) is 0 Å². The first-order valence-electron chi connectivity index (χ1n) is 7.78. The van der Waals surface area contributed by atoms with Crippen LogP contribution < -0.4 is 11.1 Å². The number of allylic oxidation sites excluding steroid dienone is 4. The van der Waals surface area contributed by atoms with Gasteiger partial charge in [0, 0.05) is 11.1 Å². The highest BCUT2D eigenvalue weighted by Crippen LogP contribution is 2.40. The molecular weight excluding hydrogens is 322 g/mol. The van der Waals surface area contributed by atoms with Crippen LogP contribution in [0.2, 0.25) is 0 Å². The van der Waals surface area contributed by atoms with Crippen LogP contribution in [0.15, 0.2) is 83.3 Å². The lowest BCUT2D eigenvalue weighted by atomic mass is 9.85. The molecule has 0 aliphatic carbocycles. The van der Waals surface area contributed by atoms with Crippen molar-refractivity contribution in [1.82, 2.24) is 5.32 Å². The molecule has 1 heterocycles. The molecule has 0 bridgehead atoms. The number of hydrogen-bond donors (Lipinski definition) is 2. The fraction of sp³-hybridized carbons (Fsp3) is 0. The smallest absolute Gasteiger partial charge is 0.154 e. The second-order valence-electron chi connectivity index (χ2n) is 5.48. The number of rotatable bonds is 2. The fourth-order valence-corrected chi connectivity index (χ4v) is 2.88. The van der Waals surface area contributed by atoms with Crippen LogP contribution in [0, 0.1) is 34.0 Å². The van der Waals surface area contributed by atoms with Gasteiger partial charge >= 0.3 is 0 Å². The normalized spacial score (nSPS) is 13.3. The van der Waals surface area contributed by atoms with E-state index in [9.17, 15) is 15.8 Å². The maximum absolute atomic E-state index is 9.82. The number of nitrogens with zero attached hydrogens (tertiary/aromatic N) is 3. The van der Waals surface area contributed by atoms with Crippen LogP contribution in [0.3, 0.4) is 0 Å². The maximum Gasteiger partial charge on any atom is 0.154 e. The molecule has 5 heteroatoms. The number of nitrogens with one attached hydrogen (secondary N) is 1. The van der Waals surface area contributed by atoms with E-state index in [1.54, 1.807) is 0 Å². The summed E-state index contributed by atoms with van der Waals surface area (Å²) in [5.41, 5.74) is 9.28. The molecule has 0 spiro atoms. The summed E-state index contributed by atoms with van der Waals surface area (Å²) in [7, 11) is 0. The molecule has 1 aliphatic rings. The molecule has 0 saturated heterocycles. The highest BCUT2D eigenvalue weighted by atomic mass is 15.0. The van der Waals surface area contributed by atoms with Crippen LogP contribution in [-0.2, 0) is 0 Å². The van der Waals surface area contributed by atoms with Gasteiger partial charge in [0.2, 0.25) is 0 Å². The summed E-state index contributed by atoms with van der Waals surface area (Å²) in [6, 6.07) is 24.6. The molecule has 3 rings (SSSR count). The van der Waals surface area contributed by atoms with Crippen LogP contribution in [0.1, 0.15) is 11.1 Å². The van der Waals surface area contributed by atoms with Crippen molar-refractivity contribution in [3.63, 3.8) is 0 Å². The van der Waals surface area contributed by atoms with E-state index in [2.05, 4.69) is 11.4 Å². The Labute approximate surface area is 151 Å². The van der Waals surface area contributed by atoms with Gasteiger partial charge in [-0.25, -0.2) is 0 Å². The summed E-state index contributed by atoms with van der Waals surface area (Å²) in [6.45, 7) is 0. The topological polar surface area (TPSA) is 109 Å². The minimum atomic E-state index is -0.190. The van der Waals surface area contributed by atoms with Crippen LogP contribution in [0.4, 0.5) is 0 Å². The Hall–Kier alpha value is -4.27. The zero-order valence-electron chi connectivity index (χ0n) is 13.7. The van der Waals surface area contributed by atoms with Crippen molar-refractivity contribution < 1.29 is 0 Å². The Balaban J connectivity index is 2.41. The van der Waals surface area contributed by atoms with Crippen molar-refractivity contribution in [2.45, 2.75) is 0 Å². The lowest BCUT2D eigenvalue weighted by Gasteiger charge is -2.26. The van der Waals surface area contributed by atoms with Gasteiger partial charge in [-0.1, -0.05) is 60.7 Å². The van der Waals surface area contributed by atoms with Gasteiger partial charge in [-0.3, -0.25) is 0 Å². The second kappa shape index (κ2) is 7.09. The monoisotopic (exact) mass is 335 g/mol. The van der Waals surface area contributed by atoms with Crippen LogP contribution in [0.25, 0.3) is 11.1 Å². The van der Waals surface area contributed by atoms with Crippen LogP contribution in [0.5, 0.6) is 0 Å². The summed E-state index contributed by atoms with van der Waals surface area (Å²) in [4.78, 5) is 0. The summed E-state index contributed by atoms with van der Waals surface area (Å²) in [5, 5.41) is 31.2. The predicted octanol–water partition coefficient (Wildman–Crippen LogP) is 3.20. The molecule has 0 amide bonds. The van der Waals surface area contributed by atoms with Crippen molar-refractivity contribution in [3.05, 3.63) is 94.5 Å². The van der Waals surface area contributed by atoms with E-state index in [4.69, 9.17) is 5.73 Å². The molecule has 3 N–H and O–H groups in total. The first-order chi connectivity index (χ1) is 12.7. The average Bonchev–Trinajstić information content (AvgIpc) is 2.70. The quantitative estimate of drug-likeness (QED) is 0.819. The Morgan fingerprint density at radius 1 is 0.769 bits per heavy atom. The first kappa shape index (κ1) is 16.6. The third-order valence-corrected chi connectivity index (χ3v) is 3.99. The highest BCUT2D eigenvalue weighted by Gasteiger charge is 2.28. The lowest BCUT2D eigenvalue weighted by molar-refractivity contribution is 0.954. The molecule has 0 fully saturated rings. The SMILES string of the molecule is N#CC(C#N)=C1NC(N)=C(c2ccccc2)C(c2ccccc2)=C1C#N. The number of benzene rings is 2. The molecule has 0 radical (unpaired) electrons. The zero-order chi connectivity index (χ0) is 18.5. The highest BCUT2D eigenvalue weighted by molar-refractivity contribution is 6.10. The van der Waals surface area contributed by atoms with Gasteiger partial charge in [-0.05, 0) is 11.1 Å². The van der Waals surface area contributed by atoms with E-state index in [-0.39, 0.29) is 22.7 Å². The second-order valence-corrected chi connectivity index (χ2v) is 5.48. The molecule has 0 atom stereocenters. The molecule has 0 aromatic heterocycles. The average molecular weight is 335 g/mol. The van der Waals surface area contributed by atoms with Gasteiger partial charge in [-0.15, -0.1) is 0 Å². The van der Waals surface area contributed by atoms with E-state index in [1.165, 1.54) is 0 Å². The van der Waals surface area contributed by atoms with Crippen molar-refractivity contribution >= 4 is 11.1 Å². The lowest BCUT2D eigenvalue weighted by Crippen LogP contribution is -2.28. The number of nitrogens with two attached hydrogens (primary N) is 1. The maximum atomic E-state index is 9.82. The Morgan fingerprint density at radius 3 is 1.73 bits per heavy atom. The third kappa shape index (κ3) is 2.80. The Bertz CT molecular complexity index is 1050. The number of nitriles is 3. The predicted molar refractivity (Wildman–Crippen MR) is 97.9 cm³/mol. The molecule has 0 unspecified atom stereocenters. The molecule has 26 heavy (non-hydrogen) atoms. The van der Waals surface area contributed by atoms with Crippen molar-refractivity contribution in [3.8, 4) is 18.2 Å². The number of dihydropyridines is 1. The molecule has 122 valence electrons. The van der Waals surface area contributed by atoms with E-state index >= 15 is 0 Å². The fourth-order valence-electron chi connectivity index (χ4n) is 2.88. The minimum Gasteiger partial charge on any atom is -0.385 e. The Kier molecular flexibility index (Phi) is 4.52. The minimum absolute atomic E-state index is 0.133. The molecule has 2 aromatic rings. The van der Waals surface area contributed by atoms with Gasteiger partial charge in [0.1, 0.15) is 24.0 Å². The van der Waals surface area contributed by atoms with Gasteiger partial charge in [-0.2, -0.15) is 15.8 Å². The Morgan fingerprint density at radius 2 is 1.27 bits per heavy atom. The first-order valence-corrected chi connectivity index (χ1v) is 7.78. The van der Waals surface area contributed by atoms with E-state index in [0.717, 1.165) is 11.1 Å². The summed E-state index contributed by atoms with van der Waals surface area (Å²) >= 11 is 0. The third-order valence-electron chi connectivity index (χ3n) is 3.99. The molecule has 0 saturated carbocycles. The summed E-state index contributed by atoms with van der Waals surface area (Å²) < 4.78 is 0. The van der Waals surface area contributed by atoms with Crippen molar-refractivity contribution in [1.29, 1.82) is 15.8 Å². The van der Waals surface area contributed by atoms with Crippen molar-refractivity contribution in [2.75, 3.05) is 0 Å². The van der Waals surface area contributed by atoms with E-state index < -0.39 is 0 Å². The summed E-state index contributed by atoms with van der Waals surface area (Å²) in [6.07, 6.45) is 0. The largest absolute Gasteiger partial charge is 0.385 e. The van der Waals surface area contributed by atoms with Gasteiger partial charge < -0.3 is 11.1 Å². The molecular formula is C21H13N5. The molecule has 1 aliphatic heterocycles. The van der Waals surface area contributed by atoms with Crippen LogP contribution >= 0.6 is 0 Å². The molecule has 2 aromatic carbocycles. The molecule has 5 nitrogen and oxygen atoms in total. The van der Waals surface area contributed by atoms with Gasteiger partial charge in [0.15, 0.2) is 5.57 Å². The van der Waals surface area contributed by atoms with Crippen LogP contribution in [-0.4, -0.2) is 0 Å². The zero-order valence-corrected chi connectivity index (χ0v) is 13.7.